The standard InChI is InChI=1S/C14H14ClN3O/c1-9-8-12(16-17-13(9)15)10-4-6-11(7-5-10)14(19)18(2)3/h4-8H,1-3H3. The Kier molecular flexibility index (Phi) is 3.81. The van der Waals surface area contributed by atoms with Gasteiger partial charge in [-0.25, -0.2) is 0 Å². The number of amides is 1. The summed E-state index contributed by atoms with van der Waals surface area (Å²) in [5, 5.41) is 8.33. The minimum atomic E-state index is -0.0232. The molecule has 0 aliphatic rings. The van der Waals surface area contributed by atoms with Crippen LogP contribution in [0.5, 0.6) is 0 Å². The highest BCUT2D eigenvalue weighted by Crippen LogP contribution is 2.20. The van der Waals surface area contributed by atoms with Gasteiger partial charge in [0.15, 0.2) is 5.15 Å². The number of halogens is 1. The third kappa shape index (κ3) is 2.90. The maximum atomic E-state index is 11.8. The molecule has 0 saturated carbocycles. The minimum Gasteiger partial charge on any atom is -0.345 e. The molecule has 2 aromatic rings. The molecular formula is C14H14ClN3O. The van der Waals surface area contributed by atoms with E-state index in [0.717, 1.165) is 16.8 Å². The van der Waals surface area contributed by atoms with Gasteiger partial charge in [0.25, 0.3) is 5.91 Å². The first-order valence-electron chi connectivity index (χ1n) is 5.81. The van der Waals surface area contributed by atoms with Crippen LogP contribution in [-0.4, -0.2) is 35.1 Å². The lowest BCUT2D eigenvalue weighted by Gasteiger charge is -2.10. The number of hydrogen-bond acceptors (Lipinski definition) is 3. The van der Waals surface area contributed by atoms with Crippen LogP contribution in [0.3, 0.4) is 0 Å². The maximum absolute atomic E-state index is 11.8. The number of rotatable bonds is 2. The summed E-state index contributed by atoms with van der Waals surface area (Å²) < 4.78 is 0. The second-order valence-corrected chi connectivity index (χ2v) is 4.84. The Morgan fingerprint density at radius 1 is 1.16 bits per heavy atom. The van der Waals surface area contributed by atoms with Gasteiger partial charge < -0.3 is 4.90 Å². The summed E-state index contributed by atoms with van der Waals surface area (Å²) >= 11 is 5.85. The van der Waals surface area contributed by atoms with Crippen molar-refractivity contribution in [1.82, 2.24) is 15.1 Å². The third-order valence-corrected chi connectivity index (χ3v) is 3.13. The summed E-state index contributed by atoms with van der Waals surface area (Å²) in [7, 11) is 3.45. The summed E-state index contributed by atoms with van der Waals surface area (Å²) in [6.45, 7) is 1.88. The molecular weight excluding hydrogens is 262 g/mol. The van der Waals surface area contributed by atoms with Crippen molar-refractivity contribution in [2.45, 2.75) is 6.92 Å². The zero-order valence-corrected chi connectivity index (χ0v) is 11.8. The first-order chi connectivity index (χ1) is 8.99. The molecule has 0 N–H and O–H groups in total. The smallest absolute Gasteiger partial charge is 0.253 e. The number of aryl methyl sites for hydroxylation is 1. The van der Waals surface area contributed by atoms with Crippen LogP contribution in [0.1, 0.15) is 15.9 Å². The predicted octanol–water partition coefficient (Wildman–Crippen LogP) is 2.81. The molecule has 0 atom stereocenters. The lowest BCUT2D eigenvalue weighted by molar-refractivity contribution is 0.0827. The number of benzene rings is 1. The van der Waals surface area contributed by atoms with Crippen LogP contribution in [0, 0.1) is 6.92 Å². The van der Waals surface area contributed by atoms with Gasteiger partial charge in [-0.2, -0.15) is 0 Å². The fraction of sp³-hybridized carbons (Fsp3) is 0.214. The molecule has 0 bridgehead atoms. The van der Waals surface area contributed by atoms with E-state index in [4.69, 9.17) is 11.6 Å². The molecule has 5 heteroatoms. The minimum absolute atomic E-state index is 0.0232. The van der Waals surface area contributed by atoms with E-state index in [1.807, 2.05) is 25.1 Å². The lowest BCUT2D eigenvalue weighted by Crippen LogP contribution is -2.21. The van der Waals surface area contributed by atoms with E-state index in [2.05, 4.69) is 10.2 Å². The summed E-state index contributed by atoms with van der Waals surface area (Å²) in [5.74, 6) is -0.0232. The van der Waals surface area contributed by atoms with E-state index in [1.54, 1.807) is 31.1 Å². The molecule has 1 aromatic carbocycles. The molecule has 0 aliphatic heterocycles. The van der Waals surface area contributed by atoms with Gasteiger partial charge >= 0.3 is 0 Å². The maximum Gasteiger partial charge on any atom is 0.253 e. The topological polar surface area (TPSA) is 46.1 Å². The lowest BCUT2D eigenvalue weighted by atomic mass is 10.1. The summed E-state index contributed by atoms with van der Waals surface area (Å²) in [6, 6.07) is 9.15. The van der Waals surface area contributed by atoms with Gasteiger partial charge in [-0.15, -0.1) is 10.2 Å². The van der Waals surface area contributed by atoms with Crippen LogP contribution in [0.2, 0.25) is 5.15 Å². The van der Waals surface area contributed by atoms with Gasteiger partial charge in [0.1, 0.15) is 0 Å². The van der Waals surface area contributed by atoms with Crippen molar-refractivity contribution in [3.05, 3.63) is 46.6 Å². The van der Waals surface area contributed by atoms with Crippen LogP contribution >= 0.6 is 11.6 Å². The van der Waals surface area contributed by atoms with Crippen LogP contribution in [-0.2, 0) is 0 Å². The number of carbonyl (C=O) groups is 1. The fourth-order valence-electron chi connectivity index (χ4n) is 1.65. The zero-order chi connectivity index (χ0) is 14.0. The second kappa shape index (κ2) is 5.36. The van der Waals surface area contributed by atoms with Gasteiger partial charge in [-0.05, 0) is 30.7 Å². The van der Waals surface area contributed by atoms with E-state index >= 15 is 0 Å². The second-order valence-electron chi connectivity index (χ2n) is 4.48. The average Bonchev–Trinajstić information content (AvgIpc) is 2.41. The summed E-state index contributed by atoms with van der Waals surface area (Å²) in [4.78, 5) is 13.3. The van der Waals surface area contributed by atoms with Crippen molar-refractivity contribution in [2.24, 2.45) is 0 Å². The van der Waals surface area contributed by atoms with Gasteiger partial charge in [0, 0.05) is 25.2 Å². The molecule has 0 spiro atoms. The molecule has 98 valence electrons. The zero-order valence-electron chi connectivity index (χ0n) is 11.0. The summed E-state index contributed by atoms with van der Waals surface area (Å²) in [6.07, 6.45) is 0. The molecule has 1 aromatic heterocycles. The quantitative estimate of drug-likeness (QED) is 0.847. The Labute approximate surface area is 117 Å². The Morgan fingerprint density at radius 3 is 2.32 bits per heavy atom. The van der Waals surface area contributed by atoms with Crippen molar-refractivity contribution in [3.63, 3.8) is 0 Å². The monoisotopic (exact) mass is 275 g/mol. The van der Waals surface area contributed by atoms with Gasteiger partial charge in [-0.3, -0.25) is 4.79 Å². The van der Waals surface area contributed by atoms with Crippen LogP contribution in [0.15, 0.2) is 30.3 Å². The molecule has 0 unspecified atom stereocenters. The summed E-state index contributed by atoms with van der Waals surface area (Å²) in [5.41, 5.74) is 3.17. The van der Waals surface area contributed by atoms with Crippen LogP contribution < -0.4 is 0 Å². The molecule has 1 amide bonds. The number of aromatic nitrogens is 2. The highest BCUT2D eigenvalue weighted by Gasteiger charge is 2.09. The molecule has 0 radical (unpaired) electrons. The van der Waals surface area contributed by atoms with Gasteiger partial charge in [0.2, 0.25) is 0 Å². The van der Waals surface area contributed by atoms with Crippen molar-refractivity contribution < 1.29 is 4.79 Å². The Morgan fingerprint density at radius 2 is 1.79 bits per heavy atom. The van der Waals surface area contributed by atoms with Crippen molar-refractivity contribution in [1.29, 1.82) is 0 Å². The van der Waals surface area contributed by atoms with Gasteiger partial charge in [-0.1, -0.05) is 23.7 Å². The average molecular weight is 276 g/mol. The van der Waals surface area contributed by atoms with Crippen LogP contribution in [0.4, 0.5) is 0 Å². The fourth-order valence-corrected chi connectivity index (χ4v) is 1.75. The van der Waals surface area contributed by atoms with E-state index in [-0.39, 0.29) is 5.91 Å². The van der Waals surface area contributed by atoms with Crippen molar-refractivity contribution in [2.75, 3.05) is 14.1 Å². The molecule has 0 aliphatic carbocycles. The first kappa shape index (κ1) is 13.5. The molecule has 0 saturated heterocycles. The molecule has 1 heterocycles. The number of nitrogens with zero attached hydrogens (tertiary/aromatic N) is 3. The largest absolute Gasteiger partial charge is 0.345 e. The Bertz CT molecular complexity index is 609. The van der Waals surface area contributed by atoms with Crippen molar-refractivity contribution in [3.8, 4) is 11.3 Å². The molecule has 4 nitrogen and oxygen atoms in total. The predicted molar refractivity (Wildman–Crippen MR) is 75.2 cm³/mol. The van der Waals surface area contributed by atoms with E-state index in [9.17, 15) is 4.79 Å². The highest BCUT2D eigenvalue weighted by atomic mass is 35.5. The SMILES string of the molecule is Cc1cc(-c2ccc(C(=O)N(C)C)cc2)nnc1Cl. The molecule has 2 rings (SSSR count). The van der Waals surface area contributed by atoms with Crippen LogP contribution in [0.25, 0.3) is 11.3 Å². The highest BCUT2D eigenvalue weighted by molar-refractivity contribution is 6.30. The van der Waals surface area contributed by atoms with E-state index in [1.165, 1.54) is 0 Å². The normalized spacial score (nSPS) is 10.3. The van der Waals surface area contributed by atoms with E-state index in [0.29, 0.717) is 10.7 Å². The first-order valence-corrected chi connectivity index (χ1v) is 6.19. The molecule has 19 heavy (non-hydrogen) atoms. The molecule has 0 fully saturated rings. The third-order valence-electron chi connectivity index (χ3n) is 2.76. The number of carbonyl (C=O) groups excluding carboxylic acids is 1. The van der Waals surface area contributed by atoms with Crippen molar-refractivity contribution >= 4 is 17.5 Å². The number of hydrogen-bond donors (Lipinski definition) is 0. The van der Waals surface area contributed by atoms with E-state index < -0.39 is 0 Å². The Balaban J connectivity index is 2.32. The Hall–Kier alpha value is -1.94. The van der Waals surface area contributed by atoms with Gasteiger partial charge in [0.05, 0.1) is 5.69 Å².